The van der Waals surface area contributed by atoms with Crippen molar-refractivity contribution in [3.8, 4) is 0 Å². The fourth-order valence-electron chi connectivity index (χ4n) is 1.63. The van der Waals surface area contributed by atoms with Gasteiger partial charge in [-0.1, -0.05) is 0 Å². The Morgan fingerprint density at radius 1 is 1.71 bits per heavy atom. The number of nitrogens with zero attached hydrogens (tertiary/aromatic N) is 1. The van der Waals surface area contributed by atoms with Crippen molar-refractivity contribution in [3.63, 3.8) is 0 Å². The highest BCUT2D eigenvalue weighted by molar-refractivity contribution is 5.94. The van der Waals surface area contributed by atoms with Crippen molar-refractivity contribution in [1.82, 2.24) is 10.3 Å². The normalized spacial score (nSPS) is 23.6. The van der Waals surface area contributed by atoms with Gasteiger partial charge in [-0.25, -0.2) is 4.98 Å². The number of amides is 1. The van der Waals surface area contributed by atoms with Crippen LogP contribution in [-0.4, -0.2) is 41.4 Å². The van der Waals surface area contributed by atoms with E-state index in [1.54, 1.807) is 0 Å². The number of pyridine rings is 1. The molecule has 1 fully saturated rings. The second kappa shape index (κ2) is 4.77. The molecule has 17 heavy (non-hydrogen) atoms. The molecule has 0 spiro atoms. The molecule has 2 heterocycles. The van der Waals surface area contributed by atoms with Gasteiger partial charge in [-0.2, -0.15) is 4.39 Å². The predicted octanol–water partition coefficient (Wildman–Crippen LogP) is 0.102. The van der Waals surface area contributed by atoms with Gasteiger partial charge in [-0.05, 0) is 6.07 Å². The minimum Gasteiger partial charge on any atom is -0.386 e. The number of halogens is 1. The fourth-order valence-corrected chi connectivity index (χ4v) is 1.63. The first-order valence-electron chi connectivity index (χ1n) is 5.29. The Bertz CT molecular complexity index is 419. The third-order valence-corrected chi connectivity index (χ3v) is 2.65. The van der Waals surface area contributed by atoms with Gasteiger partial charge in [-0.15, -0.1) is 0 Å². The number of carbonyl (C=O) groups excluding carboxylic acids is 1. The van der Waals surface area contributed by atoms with Crippen molar-refractivity contribution < 1.29 is 19.0 Å². The summed E-state index contributed by atoms with van der Waals surface area (Å²) in [5.41, 5.74) is -0.832. The largest absolute Gasteiger partial charge is 0.386 e. The number of aromatic nitrogens is 1. The quantitative estimate of drug-likeness (QED) is 0.735. The first-order chi connectivity index (χ1) is 8.09. The average molecular weight is 240 g/mol. The molecule has 1 aliphatic heterocycles. The summed E-state index contributed by atoms with van der Waals surface area (Å²) in [6.45, 7) is 0.782. The maximum Gasteiger partial charge on any atom is 0.251 e. The highest BCUT2D eigenvalue weighted by Gasteiger charge is 2.32. The van der Waals surface area contributed by atoms with Crippen LogP contribution in [0.1, 0.15) is 16.8 Å². The number of hydrogen-bond acceptors (Lipinski definition) is 4. The third kappa shape index (κ3) is 2.98. The van der Waals surface area contributed by atoms with Gasteiger partial charge >= 0.3 is 0 Å². The van der Waals surface area contributed by atoms with E-state index in [1.807, 2.05) is 0 Å². The molecule has 1 unspecified atom stereocenters. The number of hydrogen-bond donors (Lipinski definition) is 2. The Morgan fingerprint density at radius 2 is 2.53 bits per heavy atom. The molecule has 5 nitrogen and oxygen atoms in total. The Kier molecular flexibility index (Phi) is 3.35. The van der Waals surface area contributed by atoms with Crippen molar-refractivity contribution in [2.75, 3.05) is 19.8 Å². The van der Waals surface area contributed by atoms with Gasteiger partial charge in [0.25, 0.3) is 5.91 Å². The van der Waals surface area contributed by atoms with Crippen molar-refractivity contribution in [2.24, 2.45) is 0 Å². The van der Waals surface area contributed by atoms with Crippen molar-refractivity contribution in [3.05, 3.63) is 29.8 Å². The van der Waals surface area contributed by atoms with Crippen LogP contribution in [0, 0.1) is 5.95 Å². The van der Waals surface area contributed by atoms with Crippen molar-refractivity contribution in [1.29, 1.82) is 0 Å². The molecular weight excluding hydrogens is 227 g/mol. The van der Waals surface area contributed by atoms with Gasteiger partial charge in [0.05, 0.1) is 6.61 Å². The molecule has 1 atom stereocenters. The Labute approximate surface area is 97.6 Å². The highest BCUT2D eigenvalue weighted by atomic mass is 19.1. The monoisotopic (exact) mass is 240 g/mol. The molecule has 0 aliphatic carbocycles. The number of carbonyl (C=O) groups is 1. The summed E-state index contributed by atoms with van der Waals surface area (Å²) < 4.78 is 17.8. The molecule has 0 aromatic carbocycles. The lowest BCUT2D eigenvalue weighted by Gasteiger charge is -2.20. The van der Waals surface area contributed by atoms with E-state index in [9.17, 15) is 14.3 Å². The molecule has 1 aromatic heterocycles. The maximum absolute atomic E-state index is 12.8. The summed E-state index contributed by atoms with van der Waals surface area (Å²) in [5, 5.41) is 12.5. The molecular formula is C11H13FN2O3. The third-order valence-electron chi connectivity index (χ3n) is 2.65. The minimum absolute atomic E-state index is 0.0930. The molecule has 0 bridgehead atoms. The molecule has 1 amide bonds. The topological polar surface area (TPSA) is 71.5 Å². The standard InChI is InChI=1S/C11H13FN2O3/c12-9-5-8(1-3-13-9)10(15)14-6-11(16)2-4-17-7-11/h1,3,5,16H,2,4,6-7H2,(H,14,15). The van der Waals surface area contributed by atoms with Crippen LogP contribution in [0.5, 0.6) is 0 Å². The first-order valence-corrected chi connectivity index (χ1v) is 5.29. The zero-order chi connectivity index (χ0) is 12.3. The van der Waals surface area contributed by atoms with Crippen LogP contribution in [0.3, 0.4) is 0 Å². The van der Waals surface area contributed by atoms with Crippen LogP contribution < -0.4 is 5.32 Å². The molecule has 6 heteroatoms. The van der Waals surface area contributed by atoms with Crippen LogP contribution in [0.2, 0.25) is 0 Å². The molecule has 2 rings (SSSR count). The molecule has 2 N–H and O–H groups in total. The fraction of sp³-hybridized carbons (Fsp3) is 0.455. The van der Waals surface area contributed by atoms with Gasteiger partial charge in [0.2, 0.25) is 5.95 Å². The van der Waals surface area contributed by atoms with E-state index in [1.165, 1.54) is 12.3 Å². The van der Waals surface area contributed by atoms with Crippen LogP contribution in [-0.2, 0) is 4.74 Å². The van der Waals surface area contributed by atoms with Gasteiger partial charge in [-0.3, -0.25) is 4.79 Å². The van der Waals surface area contributed by atoms with E-state index in [4.69, 9.17) is 4.74 Å². The smallest absolute Gasteiger partial charge is 0.251 e. The van der Waals surface area contributed by atoms with Gasteiger partial charge in [0, 0.05) is 37.4 Å². The van der Waals surface area contributed by atoms with E-state index in [0.717, 1.165) is 6.07 Å². The first kappa shape index (κ1) is 11.9. The van der Waals surface area contributed by atoms with Gasteiger partial charge < -0.3 is 15.2 Å². The summed E-state index contributed by atoms with van der Waals surface area (Å²) in [4.78, 5) is 15.0. The molecule has 92 valence electrons. The van der Waals surface area contributed by atoms with E-state index in [0.29, 0.717) is 13.0 Å². The molecule has 1 aliphatic rings. The van der Waals surface area contributed by atoms with Crippen LogP contribution >= 0.6 is 0 Å². The Balaban J connectivity index is 1.93. The summed E-state index contributed by atoms with van der Waals surface area (Å²) >= 11 is 0. The molecule has 0 saturated carbocycles. The summed E-state index contributed by atoms with van der Waals surface area (Å²) in [5.74, 6) is -1.15. The molecule has 1 saturated heterocycles. The van der Waals surface area contributed by atoms with Gasteiger partial charge in [0.15, 0.2) is 0 Å². The second-order valence-corrected chi connectivity index (χ2v) is 4.08. The Morgan fingerprint density at radius 3 is 3.18 bits per heavy atom. The average Bonchev–Trinajstić information content (AvgIpc) is 2.74. The minimum atomic E-state index is -1.01. The van der Waals surface area contributed by atoms with E-state index in [2.05, 4.69) is 10.3 Å². The maximum atomic E-state index is 12.8. The van der Waals surface area contributed by atoms with E-state index < -0.39 is 17.5 Å². The lowest BCUT2D eigenvalue weighted by atomic mass is 10.0. The summed E-state index contributed by atoms with van der Waals surface area (Å²) in [6, 6.07) is 2.46. The van der Waals surface area contributed by atoms with Gasteiger partial charge in [0.1, 0.15) is 5.60 Å². The number of rotatable bonds is 3. The lowest BCUT2D eigenvalue weighted by molar-refractivity contribution is 0.0264. The van der Waals surface area contributed by atoms with Crippen molar-refractivity contribution >= 4 is 5.91 Å². The van der Waals surface area contributed by atoms with E-state index >= 15 is 0 Å². The van der Waals surface area contributed by atoms with Crippen molar-refractivity contribution in [2.45, 2.75) is 12.0 Å². The predicted molar refractivity (Wildman–Crippen MR) is 56.9 cm³/mol. The number of ether oxygens (including phenoxy) is 1. The second-order valence-electron chi connectivity index (χ2n) is 4.08. The van der Waals surface area contributed by atoms with E-state index in [-0.39, 0.29) is 18.7 Å². The number of aliphatic hydroxyl groups is 1. The summed E-state index contributed by atoms with van der Waals surface area (Å²) in [6.07, 6.45) is 1.70. The summed E-state index contributed by atoms with van der Waals surface area (Å²) in [7, 11) is 0. The lowest BCUT2D eigenvalue weighted by Crippen LogP contribution is -2.43. The van der Waals surface area contributed by atoms with Crippen LogP contribution in [0.4, 0.5) is 4.39 Å². The number of nitrogens with one attached hydrogen (secondary N) is 1. The zero-order valence-electron chi connectivity index (χ0n) is 9.15. The Hall–Kier alpha value is -1.53. The highest BCUT2D eigenvalue weighted by Crippen LogP contribution is 2.17. The SMILES string of the molecule is O=C(NCC1(O)CCOC1)c1ccnc(F)c1. The molecule has 1 aromatic rings. The molecule has 0 radical (unpaired) electrons. The van der Waals surface area contributed by atoms with Crippen LogP contribution in [0.25, 0.3) is 0 Å². The van der Waals surface area contributed by atoms with Crippen LogP contribution in [0.15, 0.2) is 18.3 Å². The zero-order valence-corrected chi connectivity index (χ0v) is 9.15.